The Bertz CT molecular complexity index is 915. The normalized spacial score (nSPS) is 11.2. The van der Waals surface area contributed by atoms with E-state index in [1.807, 2.05) is 44.2 Å². The Kier molecular flexibility index (Phi) is 4.80. The molecule has 0 fully saturated rings. The van der Waals surface area contributed by atoms with Crippen molar-refractivity contribution in [1.82, 2.24) is 14.8 Å². The van der Waals surface area contributed by atoms with Crippen LogP contribution in [0.4, 0.5) is 5.13 Å². The number of nitrogens with one attached hydrogen (secondary N) is 1. The minimum Gasteiger partial charge on any atom is -0.476 e. The molecular formula is C17H18N4O3S. The van der Waals surface area contributed by atoms with Gasteiger partial charge >= 0.3 is 5.97 Å². The molecule has 3 aromatic rings. The van der Waals surface area contributed by atoms with Crippen molar-refractivity contribution in [3.63, 3.8) is 0 Å². The van der Waals surface area contributed by atoms with Gasteiger partial charge < -0.3 is 10.4 Å². The van der Waals surface area contributed by atoms with E-state index in [2.05, 4.69) is 15.4 Å². The molecule has 3 rings (SSSR count). The lowest BCUT2D eigenvalue weighted by Gasteiger charge is -2.04. The predicted octanol–water partition coefficient (Wildman–Crippen LogP) is 3.22. The molecule has 130 valence electrons. The first kappa shape index (κ1) is 17.1. The van der Waals surface area contributed by atoms with Crippen LogP contribution < -0.4 is 5.32 Å². The lowest BCUT2D eigenvalue weighted by molar-refractivity contribution is -0.116. The second-order valence-electron chi connectivity index (χ2n) is 6.11. The number of benzene rings is 1. The molecule has 2 aromatic heterocycles. The molecule has 0 bridgehead atoms. The molecule has 25 heavy (non-hydrogen) atoms. The van der Waals surface area contributed by atoms with Gasteiger partial charge in [0.1, 0.15) is 4.70 Å². The fourth-order valence-electron chi connectivity index (χ4n) is 2.46. The van der Waals surface area contributed by atoms with Crippen LogP contribution in [0.5, 0.6) is 0 Å². The Morgan fingerprint density at radius 2 is 2.00 bits per heavy atom. The van der Waals surface area contributed by atoms with E-state index in [0.717, 1.165) is 16.9 Å². The molecule has 0 unspecified atom stereocenters. The van der Waals surface area contributed by atoms with Gasteiger partial charge in [0.2, 0.25) is 5.91 Å². The molecule has 0 aliphatic heterocycles. The summed E-state index contributed by atoms with van der Waals surface area (Å²) in [6.07, 6.45) is 0.387. The molecule has 2 heterocycles. The Morgan fingerprint density at radius 1 is 1.28 bits per heavy atom. The van der Waals surface area contributed by atoms with E-state index < -0.39 is 5.97 Å². The molecule has 1 aromatic carbocycles. The van der Waals surface area contributed by atoms with E-state index in [-0.39, 0.29) is 17.5 Å². The Morgan fingerprint density at radius 3 is 2.64 bits per heavy atom. The lowest BCUT2D eigenvalue weighted by atomic mass is 10.1. The highest BCUT2D eigenvalue weighted by Gasteiger charge is 2.22. The molecule has 7 nitrogen and oxygen atoms in total. The number of amides is 1. The second kappa shape index (κ2) is 7.02. The number of fused-ring (bicyclic) bond motifs is 1. The van der Waals surface area contributed by atoms with E-state index in [4.69, 9.17) is 0 Å². The summed E-state index contributed by atoms with van der Waals surface area (Å²) in [6, 6.07) is 9.60. The first-order chi connectivity index (χ1) is 11.9. The van der Waals surface area contributed by atoms with Crippen molar-refractivity contribution in [3.8, 4) is 0 Å². The van der Waals surface area contributed by atoms with E-state index in [9.17, 15) is 14.7 Å². The van der Waals surface area contributed by atoms with Crippen LogP contribution >= 0.6 is 11.3 Å². The SMILES string of the molecule is CC(C)CC(=O)Nc1nc2c(s1)c(C(=O)O)nn2Cc1ccccc1. The zero-order chi connectivity index (χ0) is 18.0. The average Bonchev–Trinajstić information content (AvgIpc) is 3.07. The Hall–Kier alpha value is -2.74. The number of hydrogen-bond donors (Lipinski definition) is 2. The minimum absolute atomic E-state index is 0.0483. The third kappa shape index (κ3) is 3.85. The zero-order valence-corrected chi connectivity index (χ0v) is 14.7. The summed E-state index contributed by atoms with van der Waals surface area (Å²) in [5.74, 6) is -1.01. The topological polar surface area (TPSA) is 97.1 Å². The van der Waals surface area contributed by atoms with E-state index in [0.29, 0.717) is 28.4 Å². The van der Waals surface area contributed by atoms with E-state index in [1.165, 1.54) is 0 Å². The van der Waals surface area contributed by atoms with Gasteiger partial charge in [0, 0.05) is 6.42 Å². The largest absolute Gasteiger partial charge is 0.476 e. The Balaban J connectivity index is 1.94. The molecule has 0 atom stereocenters. The maximum absolute atomic E-state index is 11.9. The molecule has 0 spiro atoms. The number of aromatic carboxylic acids is 1. The van der Waals surface area contributed by atoms with Gasteiger partial charge in [0.25, 0.3) is 0 Å². The standard InChI is InChI=1S/C17H18N4O3S/c1-10(2)8-12(22)18-17-19-15-14(25-17)13(16(23)24)20-21(15)9-11-6-4-3-5-7-11/h3-7,10H,8-9H2,1-2H3,(H,23,24)(H,18,19,22). The van der Waals surface area contributed by atoms with Crippen LogP contribution in [0, 0.1) is 5.92 Å². The minimum atomic E-state index is -1.11. The highest BCUT2D eigenvalue weighted by Crippen LogP contribution is 2.29. The number of thiazole rings is 1. The van der Waals surface area contributed by atoms with Crippen LogP contribution in [0.25, 0.3) is 10.3 Å². The molecule has 0 aliphatic carbocycles. The van der Waals surface area contributed by atoms with Gasteiger partial charge in [-0.1, -0.05) is 55.5 Å². The van der Waals surface area contributed by atoms with Crippen LogP contribution in [0.2, 0.25) is 0 Å². The van der Waals surface area contributed by atoms with Crippen LogP contribution in [0.1, 0.15) is 36.3 Å². The van der Waals surface area contributed by atoms with Crippen LogP contribution in [-0.4, -0.2) is 31.7 Å². The third-order valence-corrected chi connectivity index (χ3v) is 4.47. The lowest BCUT2D eigenvalue weighted by Crippen LogP contribution is -2.13. The van der Waals surface area contributed by atoms with Crippen molar-refractivity contribution in [1.29, 1.82) is 0 Å². The Labute approximate surface area is 148 Å². The molecule has 8 heteroatoms. The maximum Gasteiger partial charge on any atom is 0.357 e. The number of carboxylic acid groups (broad SMARTS) is 1. The summed E-state index contributed by atoms with van der Waals surface area (Å²) < 4.78 is 2.02. The van der Waals surface area contributed by atoms with Gasteiger partial charge in [-0.2, -0.15) is 10.1 Å². The maximum atomic E-state index is 11.9. The van der Waals surface area contributed by atoms with Crippen molar-refractivity contribution in [2.75, 3.05) is 5.32 Å². The van der Waals surface area contributed by atoms with Crippen LogP contribution in [0.15, 0.2) is 30.3 Å². The van der Waals surface area contributed by atoms with Gasteiger partial charge in [-0.3, -0.25) is 4.79 Å². The van der Waals surface area contributed by atoms with E-state index >= 15 is 0 Å². The van der Waals surface area contributed by atoms with Gasteiger partial charge in [0.15, 0.2) is 16.5 Å². The first-order valence-electron chi connectivity index (χ1n) is 7.88. The third-order valence-electron chi connectivity index (χ3n) is 3.51. The number of carbonyl (C=O) groups is 2. The summed E-state index contributed by atoms with van der Waals surface area (Å²) in [4.78, 5) is 27.8. The molecule has 2 N–H and O–H groups in total. The summed E-state index contributed by atoms with van der Waals surface area (Å²) in [5.41, 5.74) is 1.40. The molecular weight excluding hydrogens is 340 g/mol. The summed E-state index contributed by atoms with van der Waals surface area (Å²) >= 11 is 1.13. The average molecular weight is 358 g/mol. The molecule has 0 radical (unpaired) electrons. The highest BCUT2D eigenvalue weighted by atomic mass is 32.1. The number of carbonyl (C=O) groups excluding carboxylic acids is 1. The predicted molar refractivity (Wildman–Crippen MR) is 96.0 cm³/mol. The van der Waals surface area contributed by atoms with Crippen molar-refractivity contribution in [2.24, 2.45) is 5.92 Å². The fraction of sp³-hybridized carbons (Fsp3) is 0.294. The van der Waals surface area contributed by atoms with Crippen LogP contribution in [-0.2, 0) is 11.3 Å². The number of carboxylic acids is 1. The molecule has 1 amide bonds. The number of nitrogens with zero attached hydrogens (tertiary/aromatic N) is 3. The number of rotatable bonds is 6. The molecule has 0 aliphatic rings. The van der Waals surface area contributed by atoms with Crippen LogP contribution in [0.3, 0.4) is 0 Å². The van der Waals surface area contributed by atoms with Crippen molar-refractivity contribution in [2.45, 2.75) is 26.8 Å². The summed E-state index contributed by atoms with van der Waals surface area (Å²) in [5, 5.41) is 16.7. The highest BCUT2D eigenvalue weighted by molar-refractivity contribution is 7.22. The van der Waals surface area contributed by atoms with Crippen molar-refractivity contribution < 1.29 is 14.7 Å². The quantitative estimate of drug-likeness (QED) is 0.705. The number of aromatic nitrogens is 3. The number of hydrogen-bond acceptors (Lipinski definition) is 5. The zero-order valence-electron chi connectivity index (χ0n) is 13.9. The van der Waals surface area contributed by atoms with Gasteiger partial charge in [-0.25, -0.2) is 9.48 Å². The fourth-order valence-corrected chi connectivity index (χ4v) is 3.41. The second-order valence-corrected chi connectivity index (χ2v) is 7.11. The number of anilines is 1. The van der Waals surface area contributed by atoms with E-state index in [1.54, 1.807) is 4.68 Å². The van der Waals surface area contributed by atoms with Gasteiger partial charge in [0.05, 0.1) is 6.54 Å². The van der Waals surface area contributed by atoms with Gasteiger partial charge in [-0.05, 0) is 11.5 Å². The smallest absolute Gasteiger partial charge is 0.357 e. The first-order valence-corrected chi connectivity index (χ1v) is 8.70. The monoisotopic (exact) mass is 358 g/mol. The summed E-state index contributed by atoms with van der Waals surface area (Å²) in [6.45, 7) is 4.32. The molecule has 0 saturated carbocycles. The molecule has 0 saturated heterocycles. The van der Waals surface area contributed by atoms with Crippen molar-refractivity contribution in [3.05, 3.63) is 41.6 Å². The van der Waals surface area contributed by atoms with Gasteiger partial charge in [-0.15, -0.1) is 0 Å². The van der Waals surface area contributed by atoms with Crippen molar-refractivity contribution >= 4 is 38.7 Å². The summed E-state index contributed by atoms with van der Waals surface area (Å²) in [7, 11) is 0.